The van der Waals surface area contributed by atoms with Gasteiger partial charge < -0.3 is 19.3 Å². The first-order valence-electron chi connectivity index (χ1n) is 11.6. The van der Waals surface area contributed by atoms with Gasteiger partial charge in [-0.3, -0.25) is 9.59 Å². The second-order valence-electron chi connectivity index (χ2n) is 9.52. The third kappa shape index (κ3) is 8.41. The number of carbonyl (C=O) groups excluding carboxylic acids is 2. The molecule has 6 heteroatoms. The minimum atomic E-state index is -0.905. The Bertz CT molecular complexity index is 661. The van der Waals surface area contributed by atoms with Crippen LogP contribution < -0.4 is 0 Å². The molecule has 0 aromatic heterocycles. The van der Waals surface area contributed by atoms with Crippen LogP contribution in [0.5, 0.6) is 0 Å². The van der Waals surface area contributed by atoms with E-state index >= 15 is 0 Å². The van der Waals surface area contributed by atoms with E-state index in [0.717, 1.165) is 32.1 Å². The summed E-state index contributed by atoms with van der Waals surface area (Å²) in [4.78, 5) is 22.9. The van der Waals surface area contributed by atoms with E-state index in [9.17, 15) is 14.7 Å². The number of methoxy groups -OCH3 is 1. The topological polar surface area (TPSA) is 82.1 Å². The summed E-state index contributed by atoms with van der Waals surface area (Å²) in [5.74, 6) is -0.128. The highest BCUT2D eigenvalue weighted by atomic mass is 16.6. The van der Waals surface area contributed by atoms with Gasteiger partial charge >= 0.3 is 11.9 Å². The zero-order chi connectivity index (χ0) is 23.0. The Morgan fingerprint density at radius 3 is 2.58 bits per heavy atom. The smallest absolute Gasteiger partial charge is 0.305 e. The standard InChI is InChI=1S/C25H40O6/c1-17(2)9-8-13-25(4,28)14-12-20-21-15-19(10-6-7-11-24(27)29-5)31-23(21)16-22(20)30-18(3)26/h9,12,14,19-23,28H,6-8,10-11,13,15-16H2,1-5H3/t19-,20-,21-,22-,23+,25?/m1/s1. The lowest BCUT2D eigenvalue weighted by molar-refractivity contribution is -0.148. The molecule has 1 N–H and O–H groups in total. The van der Waals surface area contributed by atoms with Gasteiger partial charge in [-0.25, -0.2) is 0 Å². The number of esters is 2. The summed E-state index contributed by atoms with van der Waals surface area (Å²) in [6, 6.07) is 0. The van der Waals surface area contributed by atoms with Crippen LogP contribution in [0.4, 0.5) is 0 Å². The van der Waals surface area contributed by atoms with Crippen LogP contribution in [0.3, 0.4) is 0 Å². The van der Waals surface area contributed by atoms with Gasteiger partial charge in [0.25, 0.3) is 0 Å². The fourth-order valence-corrected chi connectivity index (χ4v) is 4.75. The molecule has 1 heterocycles. The van der Waals surface area contributed by atoms with E-state index in [1.807, 2.05) is 19.1 Å². The average molecular weight is 437 g/mol. The van der Waals surface area contributed by atoms with Crippen LogP contribution in [-0.2, 0) is 23.8 Å². The Kier molecular flexibility index (Phi) is 9.76. The third-order valence-electron chi connectivity index (χ3n) is 6.35. The molecule has 0 aromatic rings. The lowest BCUT2D eigenvalue weighted by atomic mass is 9.87. The van der Waals surface area contributed by atoms with Gasteiger partial charge in [0, 0.05) is 25.7 Å². The first kappa shape index (κ1) is 25.6. The second kappa shape index (κ2) is 11.8. The molecule has 0 bridgehead atoms. The summed E-state index contributed by atoms with van der Waals surface area (Å²) in [7, 11) is 1.41. The van der Waals surface area contributed by atoms with Crippen molar-refractivity contribution in [3.63, 3.8) is 0 Å². The van der Waals surface area contributed by atoms with Crippen LogP contribution in [0.15, 0.2) is 23.8 Å². The number of allylic oxidation sites excluding steroid dienone is 2. The maximum Gasteiger partial charge on any atom is 0.305 e. The van der Waals surface area contributed by atoms with Gasteiger partial charge in [0.05, 0.1) is 24.9 Å². The van der Waals surface area contributed by atoms with Gasteiger partial charge in [-0.15, -0.1) is 0 Å². The Hall–Kier alpha value is -1.66. The summed E-state index contributed by atoms with van der Waals surface area (Å²) < 4.78 is 16.6. The molecule has 0 aromatic carbocycles. The molecule has 31 heavy (non-hydrogen) atoms. The number of aliphatic hydroxyl groups is 1. The monoisotopic (exact) mass is 436 g/mol. The Balaban J connectivity index is 1.95. The van der Waals surface area contributed by atoms with Crippen LogP contribution in [0.1, 0.15) is 79.1 Å². The number of carbonyl (C=O) groups is 2. The van der Waals surface area contributed by atoms with Crippen molar-refractivity contribution in [2.75, 3.05) is 7.11 Å². The number of fused-ring (bicyclic) bond motifs is 1. The van der Waals surface area contributed by atoms with Crippen molar-refractivity contribution in [3.8, 4) is 0 Å². The van der Waals surface area contributed by atoms with Crippen molar-refractivity contribution >= 4 is 11.9 Å². The number of ether oxygens (including phenoxy) is 3. The molecule has 0 amide bonds. The van der Waals surface area contributed by atoms with Crippen molar-refractivity contribution in [2.24, 2.45) is 11.8 Å². The molecule has 1 aliphatic heterocycles. The SMILES string of the molecule is COC(=O)CCCC[C@@H]1C[C@@H]2[C@@H](C=CC(C)(O)CCC=C(C)C)[C@H](OC(C)=O)C[C@@H]2O1. The molecule has 1 aliphatic carbocycles. The van der Waals surface area contributed by atoms with E-state index < -0.39 is 5.60 Å². The lowest BCUT2D eigenvalue weighted by Gasteiger charge is -2.24. The van der Waals surface area contributed by atoms with Crippen molar-refractivity contribution in [1.82, 2.24) is 0 Å². The molecular formula is C25H40O6. The van der Waals surface area contributed by atoms with Crippen LogP contribution in [0.25, 0.3) is 0 Å². The van der Waals surface area contributed by atoms with Crippen molar-refractivity contribution < 1.29 is 28.9 Å². The largest absolute Gasteiger partial charge is 0.469 e. The van der Waals surface area contributed by atoms with Crippen LogP contribution in [0, 0.1) is 11.8 Å². The molecule has 1 saturated carbocycles. The van der Waals surface area contributed by atoms with E-state index in [0.29, 0.717) is 19.3 Å². The summed E-state index contributed by atoms with van der Waals surface area (Å²) in [6.45, 7) is 7.37. The first-order chi connectivity index (χ1) is 14.6. The van der Waals surface area contributed by atoms with E-state index in [-0.39, 0.29) is 42.1 Å². The van der Waals surface area contributed by atoms with E-state index in [2.05, 4.69) is 24.7 Å². The average Bonchev–Trinajstić information content (AvgIpc) is 3.19. The third-order valence-corrected chi connectivity index (χ3v) is 6.35. The molecule has 176 valence electrons. The predicted molar refractivity (Wildman–Crippen MR) is 119 cm³/mol. The highest BCUT2D eigenvalue weighted by Crippen LogP contribution is 2.46. The van der Waals surface area contributed by atoms with Gasteiger partial charge in [-0.2, -0.15) is 0 Å². The van der Waals surface area contributed by atoms with Gasteiger partial charge in [-0.05, 0) is 58.8 Å². The summed E-state index contributed by atoms with van der Waals surface area (Å²) >= 11 is 0. The van der Waals surface area contributed by atoms with Gasteiger partial charge in [0.2, 0.25) is 0 Å². The highest BCUT2D eigenvalue weighted by Gasteiger charge is 2.49. The number of hydrogen-bond acceptors (Lipinski definition) is 6. The Labute approximate surface area is 187 Å². The molecule has 0 spiro atoms. The molecule has 1 unspecified atom stereocenters. The van der Waals surface area contributed by atoms with Crippen LogP contribution in [0.2, 0.25) is 0 Å². The van der Waals surface area contributed by atoms with E-state index in [1.54, 1.807) is 0 Å². The first-order valence-corrected chi connectivity index (χ1v) is 11.6. The predicted octanol–water partition coefficient (Wildman–Crippen LogP) is 4.50. The van der Waals surface area contributed by atoms with Crippen LogP contribution in [-0.4, -0.2) is 48.1 Å². The molecular weight excluding hydrogens is 396 g/mol. The minimum Gasteiger partial charge on any atom is -0.469 e. The fraction of sp³-hybridized carbons (Fsp3) is 0.760. The Morgan fingerprint density at radius 1 is 1.19 bits per heavy atom. The maximum atomic E-state index is 11.6. The quantitative estimate of drug-likeness (QED) is 0.292. The van der Waals surface area contributed by atoms with Gasteiger partial charge in [0.1, 0.15) is 6.10 Å². The summed E-state index contributed by atoms with van der Waals surface area (Å²) in [6.07, 6.45) is 12.2. The number of hydrogen-bond donors (Lipinski definition) is 1. The minimum absolute atomic E-state index is 0.0453. The molecule has 0 radical (unpaired) electrons. The van der Waals surface area contributed by atoms with Crippen molar-refractivity contribution in [2.45, 2.75) is 103 Å². The number of unbranched alkanes of at least 4 members (excludes halogenated alkanes) is 1. The van der Waals surface area contributed by atoms with E-state index in [4.69, 9.17) is 9.47 Å². The molecule has 2 rings (SSSR count). The van der Waals surface area contributed by atoms with Gasteiger partial charge in [-0.1, -0.05) is 30.2 Å². The van der Waals surface area contributed by atoms with Crippen LogP contribution >= 0.6 is 0 Å². The van der Waals surface area contributed by atoms with Crippen molar-refractivity contribution in [3.05, 3.63) is 23.8 Å². The maximum absolute atomic E-state index is 11.6. The summed E-state index contributed by atoms with van der Waals surface area (Å²) in [5.41, 5.74) is 0.339. The fourth-order valence-electron chi connectivity index (χ4n) is 4.75. The zero-order valence-corrected chi connectivity index (χ0v) is 19.8. The van der Waals surface area contributed by atoms with Crippen molar-refractivity contribution in [1.29, 1.82) is 0 Å². The molecule has 2 aliphatic rings. The van der Waals surface area contributed by atoms with Gasteiger partial charge in [0.15, 0.2) is 0 Å². The molecule has 2 fully saturated rings. The normalized spacial score (nSPS) is 29.4. The summed E-state index contributed by atoms with van der Waals surface area (Å²) in [5, 5.41) is 10.8. The highest BCUT2D eigenvalue weighted by molar-refractivity contribution is 5.69. The number of rotatable bonds is 11. The van der Waals surface area contributed by atoms with E-state index in [1.165, 1.54) is 19.6 Å². The Morgan fingerprint density at radius 2 is 1.94 bits per heavy atom. The lowest BCUT2D eigenvalue weighted by Crippen LogP contribution is -2.26. The molecule has 1 saturated heterocycles. The zero-order valence-electron chi connectivity index (χ0n) is 19.8. The molecule has 6 atom stereocenters. The second-order valence-corrected chi connectivity index (χ2v) is 9.52. The molecule has 6 nitrogen and oxygen atoms in total.